The molecule has 0 rings (SSSR count). The lowest BCUT2D eigenvalue weighted by atomic mass is 9.89. The molecule has 0 saturated carbocycles. The Balaban J connectivity index is 4.35. The van der Waals surface area contributed by atoms with E-state index in [0.717, 1.165) is 6.42 Å². The lowest BCUT2D eigenvalue weighted by Gasteiger charge is -2.39. The van der Waals surface area contributed by atoms with Crippen molar-refractivity contribution in [2.24, 2.45) is 0 Å². The molecule has 0 aliphatic carbocycles. The molecule has 2 nitrogen and oxygen atoms in total. The maximum absolute atomic E-state index is 6.02. The third-order valence-corrected chi connectivity index (χ3v) is 2.13. The van der Waals surface area contributed by atoms with Gasteiger partial charge < -0.3 is 10.1 Å². The molecule has 0 amide bonds. The molecular formula is C12H27NO. The monoisotopic (exact) mass is 201 g/mol. The van der Waals surface area contributed by atoms with Gasteiger partial charge in [-0.25, -0.2) is 0 Å². The molecule has 0 atom stereocenters. The Morgan fingerprint density at radius 3 is 1.64 bits per heavy atom. The molecule has 0 heterocycles. The molecule has 0 unspecified atom stereocenters. The van der Waals surface area contributed by atoms with Gasteiger partial charge in [0.05, 0.1) is 11.2 Å². The molecule has 0 radical (unpaired) electrons. The first-order valence-corrected chi connectivity index (χ1v) is 5.37. The van der Waals surface area contributed by atoms with Crippen LogP contribution in [0, 0.1) is 0 Å². The van der Waals surface area contributed by atoms with Crippen molar-refractivity contribution in [2.45, 2.75) is 71.6 Å². The van der Waals surface area contributed by atoms with Crippen LogP contribution in [0.3, 0.4) is 0 Å². The zero-order valence-corrected chi connectivity index (χ0v) is 11.1. The maximum Gasteiger partial charge on any atom is 0.0651 e. The minimum Gasteiger partial charge on any atom is -0.370 e. The summed E-state index contributed by atoms with van der Waals surface area (Å²) in [6.45, 7) is 15.0. The van der Waals surface area contributed by atoms with E-state index in [1.807, 2.05) is 7.05 Å². The summed E-state index contributed by atoms with van der Waals surface area (Å²) in [6, 6.07) is 0. The van der Waals surface area contributed by atoms with Crippen LogP contribution in [0.5, 0.6) is 0 Å². The summed E-state index contributed by atoms with van der Waals surface area (Å²) in [5.41, 5.74) is -0.0488. The molecule has 14 heavy (non-hydrogen) atoms. The molecular weight excluding hydrogens is 174 g/mol. The smallest absolute Gasteiger partial charge is 0.0651 e. The van der Waals surface area contributed by atoms with E-state index in [0.29, 0.717) is 0 Å². The SMILES string of the molecule is CNC(C)(C)CC(C)(C)OC(C)(C)C. The number of nitrogens with one attached hydrogen (secondary N) is 1. The van der Waals surface area contributed by atoms with Crippen LogP contribution in [-0.2, 0) is 4.74 Å². The number of hydrogen-bond acceptors (Lipinski definition) is 2. The fraction of sp³-hybridized carbons (Fsp3) is 1.00. The first-order valence-electron chi connectivity index (χ1n) is 5.37. The fourth-order valence-corrected chi connectivity index (χ4v) is 2.02. The predicted molar refractivity (Wildman–Crippen MR) is 62.7 cm³/mol. The number of rotatable bonds is 4. The standard InChI is InChI=1S/C12H27NO/c1-10(2,3)14-12(6,7)9-11(4,5)13-8/h13H,9H2,1-8H3. The van der Waals surface area contributed by atoms with E-state index in [4.69, 9.17) is 4.74 Å². The van der Waals surface area contributed by atoms with Crippen LogP contribution < -0.4 is 5.32 Å². The Hall–Kier alpha value is -0.0800. The van der Waals surface area contributed by atoms with Gasteiger partial charge in [0.1, 0.15) is 0 Å². The first kappa shape index (κ1) is 13.9. The van der Waals surface area contributed by atoms with Gasteiger partial charge in [-0.2, -0.15) is 0 Å². The second kappa shape index (κ2) is 4.19. The zero-order chi connectivity index (χ0) is 11.6. The van der Waals surface area contributed by atoms with E-state index >= 15 is 0 Å². The van der Waals surface area contributed by atoms with E-state index in [2.05, 4.69) is 53.8 Å². The van der Waals surface area contributed by atoms with Gasteiger partial charge in [-0.05, 0) is 61.9 Å². The van der Waals surface area contributed by atoms with Gasteiger partial charge in [0.2, 0.25) is 0 Å². The average Bonchev–Trinajstić information content (AvgIpc) is 1.78. The third-order valence-electron chi connectivity index (χ3n) is 2.13. The van der Waals surface area contributed by atoms with Crippen LogP contribution in [0.15, 0.2) is 0 Å². The summed E-state index contributed by atoms with van der Waals surface area (Å²) < 4.78 is 6.02. The highest BCUT2D eigenvalue weighted by Crippen LogP contribution is 2.27. The number of hydrogen-bond donors (Lipinski definition) is 1. The first-order chi connectivity index (χ1) is 5.97. The van der Waals surface area contributed by atoms with Crippen molar-refractivity contribution in [1.82, 2.24) is 5.32 Å². The number of ether oxygens (including phenoxy) is 1. The molecule has 2 heteroatoms. The van der Waals surface area contributed by atoms with Gasteiger partial charge in [0.15, 0.2) is 0 Å². The van der Waals surface area contributed by atoms with Crippen LogP contribution in [0.2, 0.25) is 0 Å². The molecule has 0 aliphatic rings. The van der Waals surface area contributed by atoms with Crippen LogP contribution in [0.4, 0.5) is 0 Å². The Labute approximate surface area is 89.4 Å². The largest absolute Gasteiger partial charge is 0.370 e. The lowest BCUT2D eigenvalue weighted by Crippen LogP contribution is -2.46. The lowest BCUT2D eigenvalue weighted by molar-refractivity contribution is -0.124. The van der Waals surface area contributed by atoms with Gasteiger partial charge in [-0.15, -0.1) is 0 Å². The summed E-state index contributed by atoms with van der Waals surface area (Å²) in [5.74, 6) is 0. The van der Waals surface area contributed by atoms with Gasteiger partial charge in [0.25, 0.3) is 0 Å². The Morgan fingerprint density at radius 2 is 1.36 bits per heavy atom. The van der Waals surface area contributed by atoms with Crippen molar-refractivity contribution in [3.63, 3.8) is 0 Å². The van der Waals surface area contributed by atoms with E-state index < -0.39 is 0 Å². The van der Waals surface area contributed by atoms with Gasteiger partial charge >= 0.3 is 0 Å². The second-order valence-corrected chi connectivity index (χ2v) is 6.28. The Morgan fingerprint density at radius 1 is 0.929 bits per heavy atom. The van der Waals surface area contributed by atoms with E-state index in [1.165, 1.54) is 0 Å². The van der Waals surface area contributed by atoms with Crippen LogP contribution in [0.1, 0.15) is 54.9 Å². The van der Waals surface area contributed by atoms with Gasteiger partial charge in [-0.3, -0.25) is 0 Å². The molecule has 1 N–H and O–H groups in total. The van der Waals surface area contributed by atoms with Crippen molar-refractivity contribution in [3.05, 3.63) is 0 Å². The van der Waals surface area contributed by atoms with E-state index in [9.17, 15) is 0 Å². The van der Waals surface area contributed by atoms with Crippen LogP contribution in [-0.4, -0.2) is 23.8 Å². The summed E-state index contributed by atoms with van der Waals surface area (Å²) in [4.78, 5) is 0. The molecule has 0 saturated heterocycles. The highest BCUT2D eigenvalue weighted by molar-refractivity contribution is 4.86. The molecule has 0 aliphatic heterocycles. The topological polar surface area (TPSA) is 21.3 Å². The van der Waals surface area contributed by atoms with Gasteiger partial charge in [0, 0.05) is 5.54 Å². The van der Waals surface area contributed by atoms with Crippen molar-refractivity contribution in [3.8, 4) is 0 Å². The zero-order valence-electron chi connectivity index (χ0n) is 11.1. The Kier molecular flexibility index (Phi) is 4.17. The average molecular weight is 201 g/mol. The van der Waals surface area contributed by atoms with Gasteiger partial charge in [-0.1, -0.05) is 0 Å². The minimum atomic E-state index is -0.0925. The quantitative estimate of drug-likeness (QED) is 0.755. The second-order valence-electron chi connectivity index (χ2n) is 6.28. The summed E-state index contributed by atoms with van der Waals surface area (Å²) in [6.07, 6.45) is 0.994. The predicted octanol–water partition coefficient (Wildman–Crippen LogP) is 2.97. The molecule has 0 fully saturated rings. The molecule has 0 spiro atoms. The maximum atomic E-state index is 6.02. The van der Waals surface area contributed by atoms with Crippen LogP contribution >= 0.6 is 0 Å². The normalized spacial score (nSPS) is 14.6. The molecule has 0 bridgehead atoms. The third kappa shape index (κ3) is 6.39. The van der Waals surface area contributed by atoms with E-state index in [-0.39, 0.29) is 16.7 Å². The van der Waals surface area contributed by atoms with Crippen molar-refractivity contribution >= 4 is 0 Å². The molecule has 0 aromatic rings. The highest BCUT2D eigenvalue weighted by Gasteiger charge is 2.31. The minimum absolute atomic E-state index is 0.0761. The van der Waals surface area contributed by atoms with Crippen LogP contribution in [0.25, 0.3) is 0 Å². The molecule has 86 valence electrons. The highest BCUT2D eigenvalue weighted by atomic mass is 16.5. The molecule has 0 aromatic carbocycles. The fourth-order valence-electron chi connectivity index (χ4n) is 2.02. The Bertz CT molecular complexity index is 177. The van der Waals surface area contributed by atoms with Crippen molar-refractivity contribution < 1.29 is 4.74 Å². The van der Waals surface area contributed by atoms with Crippen molar-refractivity contribution in [1.29, 1.82) is 0 Å². The summed E-state index contributed by atoms with van der Waals surface area (Å²) in [7, 11) is 1.99. The van der Waals surface area contributed by atoms with Crippen molar-refractivity contribution in [2.75, 3.05) is 7.05 Å². The molecule has 0 aromatic heterocycles. The summed E-state index contributed by atoms with van der Waals surface area (Å²) in [5, 5.41) is 3.30. The van der Waals surface area contributed by atoms with E-state index in [1.54, 1.807) is 0 Å². The summed E-state index contributed by atoms with van der Waals surface area (Å²) >= 11 is 0.